The average Bonchev–Trinajstić information content (AvgIpc) is 2.65. The molecule has 15 heavy (non-hydrogen) atoms. The number of aromatic nitrogens is 2. The Morgan fingerprint density at radius 1 is 1.33 bits per heavy atom. The van der Waals surface area contributed by atoms with Crippen LogP contribution in [-0.4, -0.2) is 16.5 Å². The number of methoxy groups -OCH3 is 1. The SMILES string of the molecule is COc1ccc(Cc2nsc(I)n2)cc1. The van der Waals surface area contributed by atoms with E-state index in [0.29, 0.717) is 0 Å². The molecule has 0 unspecified atom stereocenters. The monoisotopic (exact) mass is 332 g/mol. The van der Waals surface area contributed by atoms with E-state index in [0.717, 1.165) is 21.0 Å². The maximum absolute atomic E-state index is 5.09. The van der Waals surface area contributed by atoms with E-state index in [2.05, 4.69) is 31.9 Å². The molecule has 3 nitrogen and oxygen atoms in total. The minimum Gasteiger partial charge on any atom is -0.497 e. The lowest BCUT2D eigenvalue weighted by Gasteiger charge is -2.00. The topological polar surface area (TPSA) is 35.0 Å². The van der Waals surface area contributed by atoms with Gasteiger partial charge in [-0.15, -0.1) is 0 Å². The van der Waals surface area contributed by atoms with Crippen LogP contribution in [-0.2, 0) is 6.42 Å². The summed E-state index contributed by atoms with van der Waals surface area (Å²) < 4.78 is 10.3. The van der Waals surface area contributed by atoms with Gasteiger partial charge in [0.05, 0.1) is 7.11 Å². The number of nitrogens with zero attached hydrogens (tertiary/aromatic N) is 2. The summed E-state index contributed by atoms with van der Waals surface area (Å²) in [5, 5.41) is 0. The van der Waals surface area contributed by atoms with Crippen molar-refractivity contribution in [2.45, 2.75) is 6.42 Å². The fraction of sp³-hybridized carbons (Fsp3) is 0.200. The lowest BCUT2D eigenvalue weighted by atomic mass is 10.1. The van der Waals surface area contributed by atoms with Crippen LogP contribution in [0.4, 0.5) is 0 Å². The van der Waals surface area contributed by atoms with Gasteiger partial charge in [-0.2, -0.15) is 4.37 Å². The third-order valence-corrected chi connectivity index (χ3v) is 3.34. The molecule has 2 aromatic rings. The Morgan fingerprint density at radius 2 is 2.07 bits per heavy atom. The molecule has 0 N–H and O–H groups in total. The summed E-state index contributed by atoms with van der Waals surface area (Å²) in [5.41, 5.74) is 1.20. The molecule has 0 bridgehead atoms. The van der Waals surface area contributed by atoms with Gasteiger partial charge >= 0.3 is 0 Å². The summed E-state index contributed by atoms with van der Waals surface area (Å²) in [7, 11) is 1.67. The summed E-state index contributed by atoms with van der Waals surface area (Å²) in [6, 6.07) is 7.97. The maximum Gasteiger partial charge on any atom is 0.173 e. The molecule has 0 amide bonds. The Hall–Kier alpha value is -0.690. The Morgan fingerprint density at radius 3 is 2.60 bits per heavy atom. The summed E-state index contributed by atoms with van der Waals surface area (Å²) in [4.78, 5) is 4.31. The first-order valence-electron chi connectivity index (χ1n) is 4.39. The molecule has 0 aliphatic rings. The van der Waals surface area contributed by atoms with Gasteiger partial charge in [-0.25, -0.2) is 4.98 Å². The summed E-state index contributed by atoms with van der Waals surface area (Å²) in [5.74, 6) is 1.76. The highest BCUT2D eigenvalue weighted by Gasteiger charge is 2.02. The average molecular weight is 332 g/mol. The fourth-order valence-corrected chi connectivity index (χ4v) is 2.24. The molecule has 0 radical (unpaired) electrons. The van der Waals surface area contributed by atoms with Crippen molar-refractivity contribution in [3.8, 4) is 5.75 Å². The number of hydrogen-bond acceptors (Lipinski definition) is 4. The fourth-order valence-electron chi connectivity index (χ4n) is 1.23. The zero-order valence-corrected chi connectivity index (χ0v) is 11.1. The molecule has 0 aliphatic carbocycles. The number of hydrogen-bond donors (Lipinski definition) is 0. The van der Waals surface area contributed by atoms with Gasteiger partial charge in [0.15, 0.2) is 3.01 Å². The van der Waals surface area contributed by atoms with Crippen molar-refractivity contribution >= 4 is 34.1 Å². The molecule has 2 rings (SSSR count). The molecule has 1 aromatic heterocycles. The highest BCUT2D eigenvalue weighted by atomic mass is 127. The maximum atomic E-state index is 5.09. The van der Waals surface area contributed by atoms with Crippen LogP contribution in [0.3, 0.4) is 0 Å². The summed E-state index contributed by atoms with van der Waals surface area (Å²) in [6.07, 6.45) is 0.781. The van der Waals surface area contributed by atoms with Crippen LogP contribution in [0.2, 0.25) is 0 Å². The zero-order valence-electron chi connectivity index (χ0n) is 8.11. The van der Waals surface area contributed by atoms with Gasteiger partial charge < -0.3 is 4.74 Å². The number of rotatable bonds is 3. The van der Waals surface area contributed by atoms with E-state index in [9.17, 15) is 0 Å². The van der Waals surface area contributed by atoms with Crippen molar-refractivity contribution in [2.24, 2.45) is 0 Å². The van der Waals surface area contributed by atoms with Crippen molar-refractivity contribution < 1.29 is 4.74 Å². The molecule has 0 aliphatic heterocycles. The van der Waals surface area contributed by atoms with Crippen LogP contribution in [0.15, 0.2) is 24.3 Å². The van der Waals surface area contributed by atoms with Crippen LogP contribution in [0.1, 0.15) is 11.4 Å². The highest BCUT2D eigenvalue weighted by molar-refractivity contribution is 14.1. The normalized spacial score (nSPS) is 10.3. The second-order valence-electron chi connectivity index (χ2n) is 2.99. The largest absolute Gasteiger partial charge is 0.497 e. The molecule has 1 heterocycles. The van der Waals surface area contributed by atoms with Crippen LogP contribution in [0.25, 0.3) is 0 Å². The molecule has 1 aromatic carbocycles. The molecule has 5 heteroatoms. The molecule has 0 saturated carbocycles. The van der Waals surface area contributed by atoms with Gasteiger partial charge in [0.1, 0.15) is 11.6 Å². The van der Waals surface area contributed by atoms with Crippen LogP contribution >= 0.6 is 34.1 Å². The third kappa shape index (κ3) is 2.88. The van der Waals surface area contributed by atoms with E-state index < -0.39 is 0 Å². The minimum absolute atomic E-state index is 0.781. The first kappa shape index (κ1) is 10.8. The van der Waals surface area contributed by atoms with Gasteiger partial charge in [0, 0.05) is 6.42 Å². The molecule has 0 fully saturated rings. The van der Waals surface area contributed by atoms with Crippen molar-refractivity contribution in [1.29, 1.82) is 0 Å². The molecule has 78 valence electrons. The standard InChI is InChI=1S/C10H9IN2OS/c1-14-8-4-2-7(3-5-8)6-9-12-10(11)15-13-9/h2-5H,6H2,1H3. The van der Waals surface area contributed by atoms with Gasteiger partial charge in [-0.1, -0.05) is 12.1 Å². The predicted molar refractivity (Wildman–Crippen MR) is 68.4 cm³/mol. The van der Waals surface area contributed by atoms with E-state index in [1.165, 1.54) is 17.1 Å². The Bertz CT molecular complexity index is 441. The minimum atomic E-state index is 0.781. The first-order valence-corrected chi connectivity index (χ1v) is 6.24. The molecule has 0 saturated heterocycles. The van der Waals surface area contributed by atoms with Crippen LogP contribution in [0, 0.1) is 3.01 Å². The van der Waals surface area contributed by atoms with E-state index >= 15 is 0 Å². The summed E-state index contributed by atoms with van der Waals surface area (Å²) in [6.45, 7) is 0. The second-order valence-corrected chi connectivity index (χ2v) is 5.49. The smallest absolute Gasteiger partial charge is 0.173 e. The van der Waals surface area contributed by atoms with E-state index in [1.54, 1.807) is 7.11 Å². The van der Waals surface area contributed by atoms with Crippen LogP contribution < -0.4 is 4.74 Å². The van der Waals surface area contributed by atoms with Gasteiger partial charge in [0.2, 0.25) is 0 Å². The number of halogens is 1. The van der Waals surface area contributed by atoms with Gasteiger partial charge in [-0.3, -0.25) is 0 Å². The van der Waals surface area contributed by atoms with E-state index in [-0.39, 0.29) is 0 Å². The van der Waals surface area contributed by atoms with Crippen molar-refractivity contribution in [3.63, 3.8) is 0 Å². The third-order valence-electron chi connectivity index (χ3n) is 1.96. The molecule has 0 spiro atoms. The Labute approximate surface area is 106 Å². The van der Waals surface area contributed by atoms with Gasteiger partial charge in [0.25, 0.3) is 0 Å². The quantitative estimate of drug-likeness (QED) is 0.811. The molecular weight excluding hydrogens is 323 g/mol. The predicted octanol–water partition coefficient (Wildman–Crippen LogP) is 2.74. The lowest BCUT2D eigenvalue weighted by molar-refractivity contribution is 0.414. The van der Waals surface area contributed by atoms with Crippen molar-refractivity contribution in [1.82, 2.24) is 9.36 Å². The van der Waals surface area contributed by atoms with Crippen molar-refractivity contribution in [2.75, 3.05) is 7.11 Å². The van der Waals surface area contributed by atoms with Crippen molar-refractivity contribution in [3.05, 3.63) is 38.7 Å². The summed E-state index contributed by atoms with van der Waals surface area (Å²) >= 11 is 3.61. The highest BCUT2D eigenvalue weighted by Crippen LogP contribution is 2.15. The Balaban J connectivity index is 2.11. The van der Waals surface area contributed by atoms with Gasteiger partial charge in [-0.05, 0) is 51.8 Å². The lowest BCUT2D eigenvalue weighted by Crippen LogP contribution is -1.91. The molecular formula is C10H9IN2OS. The second kappa shape index (κ2) is 4.89. The molecule has 0 atom stereocenters. The van der Waals surface area contributed by atoms with Crippen LogP contribution in [0.5, 0.6) is 5.75 Å². The first-order chi connectivity index (χ1) is 7.28. The zero-order chi connectivity index (χ0) is 10.7. The number of benzene rings is 1. The Kier molecular flexibility index (Phi) is 3.53. The number of ether oxygens (including phenoxy) is 1. The van der Waals surface area contributed by atoms with E-state index in [4.69, 9.17) is 4.74 Å². The van der Waals surface area contributed by atoms with E-state index in [1.807, 2.05) is 24.3 Å².